The molecule has 0 aromatic carbocycles. The van der Waals surface area contributed by atoms with E-state index in [-0.39, 0.29) is 11.4 Å². The van der Waals surface area contributed by atoms with Gasteiger partial charge in [0, 0.05) is 18.7 Å². The van der Waals surface area contributed by atoms with Gasteiger partial charge in [-0.05, 0) is 38.7 Å². The molecular weight excluding hydrogens is 266 g/mol. The van der Waals surface area contributed by atoms with E-state index in [0.717, 1.165) is 37.3 Å². The molecule has 0 spiro atoms. The highest BCUT2D eigenvalue weighted by molar-refractivity contribution is 5.78. The van der Waals surface area contributed by atoms with Crippen LogP contribution in [0.2, 0.25) is 0 Å². The number of esters is 1. The third-order valence-corrected chi connectivity index (χ3v) is 4.49. The lowest BCUT2D eigenvalue weighted by atomic mass is 9.86. The minimum atomic E-state index is -0.374. The molecule has 1 heterocycles. The van der Waals surface area contributed by atoms with E-state index in [9.17, 15) is 4.79 Å². The maximum Gasteiger partial charge on any atom is 0.313 e. The van der Waals surface area contributed by atoms with Crippen molar-refractivity contribution in [3.8, 4) is 0 Å². The molecule has 5 nitrogen and oxygen atoms in total. The molecule has 0 radical (unpaired) electrons. The normalized spacial score (nSPS) is 20.2. The van der Waals surface area contributed by atoms with E-state index < -0.39 is 0 Å². The molecule has 1 N–H and O–H groups in total. The van der Waals surface area contributed by atoms with E-state index in [1.807, 2.05) is 13.0 Å². The van der Waals surface area contributed by atoms with Gasteiger partial charge in [-0.2, -0.15) is 0 Å². The van der Waals surface area contributed by atoms with Gasteiger partial charge >= 0.3 is 5.97 Å². The third-order valence-electron chi connectivity index (χ3n) is 4.49. The number of hydrogen-bond donors (Lipinski definition) is 1. The lowest BCUT2D eigenvalue weighted by molar-refractivity contribution is -0.154. The molecule has 0 unspecified atom stereocenters. The zero-order chi connectivity index (χ0) is 14.7. The van der Waals surface area contributed by atoms with Gasteiger partial charge in [-0.1, -0.05) is 12.8 Å². The lowest BCUT2D eigenvalue weighted by Crippen LogP contribution is -2.37. The average molecular weight is 289 g/mol. The standard InChI is InChI=1S/C16H23N3O2/c1-2-21-15(20)16(8-3-4-9-16)11-18-13-7-10-17-14(19-13)12-5-6-12/h7,10,12H,2-6,8-9,11H2,1H3,(H,17,18,19). The quantitative estimate of drug-likeness (QED) is 0.816. The molecule has 21 heavy (non-hydrogen) atoms. The summed E-state index contributed by atoms with van der Waals surface area (Å²) in [4.78, 5) is 21.2. The second-order valence-corrected chi connectivity index (χ2v) is 6.14. The highest BCUT2D eigenvalue weighted by atomic mass is 16.5. The first kappa shape index (κ1) is 14.3. The largest absolute Gasteiger partial charge is 0.466 e. The molecule has 0 saturated heterocycles. The molecule has 0 bridgehead atoms. The molecule has 2 aliphatic carbocycles. The Labute approximate surface area is 125 Å². The molecular formula is C16H23N3O2. The first-order valence-corrected chi connectivity index (χ1v) is 7.97. The number of anilines is 1. The van der Waals surface area contributed by atoms with Crippen molar-refractivity contribution >= 4 is 11.8 Å². The van der Waals surface area contributed by atoms with Crippen LogP contribution in [0.3, 0.4) is 0 Å². The van der Waals surface area contributed by atoms with Crippen molar-refractivity contribution in [2.24, 2.45) is 5.41 Å². The summed E-state index contributed by atoms with van der Waals surface area (Å²) in [5.41, 5.74) is -0.374. The van der Waals surface area contributed by atoms with Crippen LogP contribution in [0.15, 0.2) is 12.3 Å². The van der Waals surface area contributed by atoms with E-state index >= 15 is 0 Å². The van der Waals surface area contributed by atoms with Crippen molar-refractivity contribution in [2.45, 2.75) is 51.4 Å². The predicted molar refractivity (Wildman–Crippen MR) is 80.0 cm³/mol. The summed E-state index contributed by atoms with van der Waals surface area (Å²) >= 11 is 0. The minimum Gasteiger partial charge on any atom is -0.466 e. The second kappa shape index (κ2) is 6.00. The Bertz CT molecular complexity index is 508. The molecule has 3 rings (SSSR count). The van der Waals surface area contributed by atoms with Crippen LogP contribution in [0.1, 0.15) is 57.2 Å². The molecule has 1 aromatic rings. The Morgan fingerprint density at radius 3 is 2.86 bits per heavy atom. The van der Waals surface area contributed by atoms with Gasteiger partial charge in [0.05, 0.1) is 12.0 Å². The number of rotatable bonds is 6. The smallest absolute Gasteiger partial charge is 0.313 e. The third kappa shape index (κ3) is 3.17. The number of nitrogens with one attached hydrogen (secondary N) is 1. The number of carbonyl (C=O) groups excluding carboxylic acids is 1. The van der Waals surface area contributed by atoms with Crippen LogP contribution < -0.4 is 5.32 Å². The van der Waals surface area contributed by atoms with Crippen molar-refractivity contribution in [2.75, 3.05) is 18.5 Å². The van der Waals surface area contributed by atoms with E-state index in [1.165, 1.54) is 12.8 Å². The number of ether oxygens (including phenoxy) is 1. The van der Waals surface area contributed by atoms with E-state index in [2.05, 4.69) is 15.3 Å². The van der Waals surface area contributed by atoms with Gasteiger partial charge in [-0.15, -0.1) is 0 Å². The summed E-state index contributed by atoms with van der Waals surface area (Å²) in [5.74, 6) is 2.22. The van der Waals surface area contributed by atoms with E-state index in [0.29, 0.717) is 19.1 Å². The number of carbonyl (C=O) groups is 1. The fraction of sp³-hybridized carbons (Fsp3) is 0.688. The van der Waals surface area contributed by atoms with Crippen LogP contribution in [-0.4, -0.2) is 29.1 Å². The van der Waals surface area contributed by atoms with Gasteiger partial charge < -0.3 is 10.1 Å². The monoisotopic (exact) mass is 289 g/mol. The molecule has 2 aliphatic rings. The highest BCUT2D eigenvalue weighted by Gasteiger charge is 2.42. The molecule has 0 atom stereocenters. The van der Waals surface area contributed by atoms with Crippen molar-refractivity contribution in [1.29, 1.82) is 0 Å². The van der Waals surface area contributed by atoms with Crippen LogP contribution in [0.25, 0.3) is 0 Å². The van der Waals surface area contributed by atoms with Crippen molar-refractivity contribution < 1.29 is 9.53 Å². The molecule has 2 saturated carbocycles. The van der Waals surface area contributed by atoms with E-state index in [4.69, 9.17) is 4.74 Å². The molecule has 114 valence electrons. The summed E-state index contributed by atoms with van der Waals surface area (Å²) in [6.45, 7) is 2.91. The van der Waals surface area contributed by atoms with Crippen molar-refractivity contribution in [3.63, 3.8) is 0 Å². The SMILES string of the molecule is CCOC(=O)C1(CNc2ccnc(C3CC3)n2)CCCC1. The summed E-state index contributed by atoms with van der Waals surface area (Å²) in [6.07, 6.45) is 8.18. The van der Waals surface area contributed by atoms with E-state index in [1.54, 1.807) is 6.20 Å². The summed E-state index contributed by atoms with van der Waals surface area (Å²) in [7, 11) is 0. The maximum absolute atomic E-state index is 12.3. The number of aromatic nitrogens is 2. The Kier molecular flexibility index (Phi) is 4.08. The second-order valence-electron chi connectivity index (χ2n) is 6.14. The Balaban J connectivity index is 1.66. The fourth-order valence-electron chi connectivity index (χ4n) is 3.06. The van der Waals surface area contributed by atoms with Gasteiger partial charge in [-0.25, -0.2) is 9.97 Å². The van der Waals surface area contributed by atoms with Gasteiger partial charge in [0.15, 0.2) is 0 Å². The first-order chi connectivity index (χ1) is 10.2. The van der Waals surface area contributed by atoms with Crippen LogP contribution in [0, 0.1) is 5.41 Å². The summed E-state index contributed by atoms with van der Waals surface area (Å²) in [5, 5.41) is 3.34. The van der Waals surface area contributed by atoms with Crippen LogP contribution in [0.5, 0.6) is 0 Å². The van der Waals surface area contributed by atoms with Gasteiger partial charge in [-0.3, -0.25) is 4.79 Å². The lowest BCUT2D eigenvalue weighted by Gasteiger charge is -2.26. The zero-order valence-electron chi connectivity index (χ0n) is 12.6. The zero-order valence-corrected chi connectivity index (χ0v) is 12.6. The van der Waals surface area contributed by atoms with Crippen LogP contribution in [0.4, 0.5) is 5.82 Å². The molecule has 5 heteroatoms. The van der Waals surface area contributed by atoms with Crippen molar-refractivity contribution in [1.82, 2.24) is 9.97 Å². The van der Waals surface area contributed by atoms with Gasteiger partial charge in [0.2, 0.25) is 0 Å². The molecule has 1 aromatic heterocycles. The average Bonchev–Trinajstić information content (AvgIpc) is 3.24. The minimum absolute atomic E-state index is 0.0635. The summed E-state index contributed by atoms with van der Waals surface area (Å²) in [6, 6.07) is 1.87. The molecule has 0 amide bonds. The van der Waals surface area contributed by atoms with Crippen LogP contribution >= 0.6 is 0 Å². The summed E-state index contributed by atoms with van der Waals surface area (Å²) < 4.78 is 5.28. The highest BCUT2D eigenvalue weighted by Crippen LogP contribution is 2.40. The maximum atomic E-state index is 12.3. The molecule has 0 aliphatic heterocycles. The number of hydrogen-bond acceptors (Lipinski definition) is 5. The Hall–Kier alpha value is -1.65. The Morgan fingerprint density at radius 2 is 2.19 bits per heavy atom. The topological polar surface area (TPSA) is 64.1 Å². The van der Waals surface area contributed by atoms with Gasteiger partial charge in [0.25, 0.3) is 0 Å². The molecule has 2 fully saturated rings. The predicted octanol–water partition coefficient (Wildman–Crippen LogP) is 2.89. The van der Waals surface area contributed by atoms with Crippen molar-refractivity contribution in [3.05, 3.63) is 18.1 Å². The fourth-order valence-corrected chi connectivity index (χ4v) is 3.06. The Morgan fingerprint density at radius 1 is 1.43 bits per heavy atom. The number of nitrogens with zero attached hydrogens (tertiary/aromatic N) is 2. The van der Waals surface area contributed by atoms with Gasteiger partial charge in [0.1, 0.15) is 11.6 Å². The first-order valence-electron chi connectivity index (χ1n) is 7.97. The van der Waals surface area contributed by atoms with Crippen LogP contribution in [-0.2, 0) is 9.53 Å².